The van der Waals surface area contributed by atoms with Gasteiger partial charge in [0.2, 0.25) is 5.76 Å². The number of carbonyl (C=O) groups excluding carboxylic acids is 2. The topological polar surface area (TPSA) is 77.8 Å². The van der Waals surface area contributed by atoms with Crippen LogP contribution in [0.4, 0.5) is 0 Å². The number of aryl methyl sites for hydroxylation is 1. The summed E-state index contributed by atoms with van der Waals surface area (Å²) in [6.45, 7) is 1.95. The molecule has 140 valence electrons. The van der Waals surface area contributed by atoms with Gasteiger partial charge in [0, 0.05) is 16.0 Å². The highest BCUT2D eigenvalue weighted by molar-refractivity contribution is 6.31. The number of carbonyl (C=O) groups is 2. The maximum absolute atomic E-state index is 12.2. The molecule has 0 fully saturated rings. The average molecular weight is 388 g/mol. The molecule has 0 radical (unpaired) electrons. The van der Waals surface area contributed by atoms with Gasteiger partial charge >= 0.3 is 5.97 Å². The van der Waals surface area contributed by atoms with Crippen LogP contribution in [0.3, 0.4) is 0 Å². The first-order chi connectivity index (χ1) is 13.0. The second kappa shape index (κ2) is 8.60. The first kappa shape index (κ1) is 18.8. The number of fused-ring (bicyclic) bond motifs is 1. The van der Waals surface area contributed by atoms with Gasteiger partial charge in [-0.1, -0.05) is 29.8 Å². The quantitative estimate of drug-likeness (QED) is 0.493. The molecule has 7 heteroatoms. The Morgan fingerprint density at radius 3 is 2.70 bits per heavy atom. The Hall–Kier alpha value is -2.99. The average Bonchev–Trinajstić information content (AvgIpc) is 3.00. The van der Waals surface area contributed by atoms with Crippen molar-refractivity contribution in [3.63, 3.8) is 0 Å². The smallest absolute Gasteiger partial charge is 0.375 e. The number of ether oxygens (including phenoxy) is 2. The molecular formula is C20H18ClNO5. The van der Waals surface area contributed by atoms with Crippen molar-refractivity contribution in [1.29, 1.82) is 0 Å². The lowest BCUT2D eigenvalue weighted by Crippen LogP contribution is -2.32. The molecule has 3 rings (SSSR count). The number of benzene rings is 2. The second-order valence-electron chi connectivity index (χ2n) is 5.78. The van der Waals surface area contributed by atoms with Gasteiger partial charge in [-0.15, -0.1) is 0 Å². The van der Waals surface area contributed by atoms with Crippen LogP contribution in [0.5, 0.6) is 5.75 Å². The van der Waals surface area contributed by atoms with E-state index in [0.717, 1.165) is 11.1 Å². The first-order valence-corrected chi connectivity index (χ1v) is 8.72. The molecule has 0 saturated carbocycles. The van der Waals surface area contributed by atoms with E-state index in [0.29, 0.717) is 29.3 Å². The lowest BCUT2D eigenvalue weighted by atomic mass is 10.1. The minimum Gasteiger partial charge on any atom is -0.492 e. The number of hydrogen-bond donors (Lipinski definition) is 1. The van der Waals surface area contributed by atoms with E-state index in [1.165, 1.54) is 0 Å². The lowest BCUT2D eigenvalue weighted by Gasteiger charge is -2.08. The summed E-state index contributed by atoms with van der Waals surface area (Å²) in [5, 5.41) is 3.90. The summed E-state index contributed by atoms with van der Waals surface area (Å²) in [5.74, 6) is -0.335. The molecule has 27 heavy (non-hydrogen) atoms. The normalized spacial score (nSPS) is 10.6. The molecule has 6 nitrogen and oxygen atoms in total. The Morgan fingerprint density at radius 1 is 1.15 bits per heavy atom. The van der Waals surface area contributed by atoms with E-state index >= 15 is 0 Å². The number of furan rings is 1. The van der Waals surface area contributed by atoms with Crippen LogP contribution in [0.1, 0.15) is 16.1 Å². The highest BCUT2D eigenvalue weighted by Crippen LogP contribution is 2.28. The molecule has 0 atom stereocenters. The van der Waals surface area contributed by atoms with Crippen molar-refractivity contribution in [2.24, 2.45) is 0 Å². The number of halogens is 1. The van der Waals surface area contributed by atoms with Crippen LogP contribution in [-0.4, -0.2) is 31.6 Å². The number of amides is 1. The summed E-state index contributed by atoms with van der Waals surface area (Å²) in [5.41, 5.74) is 1.15. The SMILES string of the molecule is Cc1c(C(=O)OCC(=O)NCCOc2ccccc2)oc2ccc(Cl)cc12. The predicted molar refractivity (Wildman–Crippen MR) is 101 cm³/mol. The standard InChI is InChI=1S/C20H18ClNO5/c1-13-16-11-14(21)7-8-17(16)27-19(13)20(24)26-12-18(23)22-9-10-25-15-5-3-2-4-6-15/h2-8,11H,9-10,12H2,1H3,(H,22,23). The predicted octanol–water partition coefficient (Wildman–Crippen LogP) is 3.75. The molecule has 3 aromatic rings. The van der Waals surface area contributed by atoms with Gasteiger partial charge in [0.15, 0.2) is 6.61 Å². The zero-order valence-corrected chi connectivity index (χ0v) is 15.4. The molecule has 1 N–H and O–H groups in total. The van der Waals surface area contributed by atoms with E-state index in [9.17, 15) is 9.59 Å². The zero-order valence-electron chi connectivity index (χ0n) is 14.7. The van der Waals surface area contributed by atoms with Gasteiger partial charge in [0.1, 0.15) is 17.9 Å². The number of hydrogen-bond acceptors (Lipinski definition) is 5. The fraction of sp³-hybridized carbons (Fsp3) is 0.200. The van der Waals surface area contributed by atoms with E-state index < -0.39 is 18.5 Å². The van der Waals surface area contributed by atoms with Crippen molar-refractivity contribution < 1.29 is 23.5 Å². The number of nitrogens with one attached hydrogen (secondary N) is 1. The molecule has 0 spiro atoms. The molecular weight excluding hydrogens is 370 g/mol. The van der Waals surface area contributed by atoms with Gasteiger partial charge in [0.25, 0.3) is 5.91 Å². The van der Waals surface area contributed by atoms with Crippen LogP contribution in [-0.2, 0) is 9.53 Å². The molecule has 0 aliphatic heterocycles. The Kier molecular flexibility index (Phi) is 5.98. The third kappa shape index (κ3) is 4.80. The summed E-state index contributed by atoms with van der Waals surface area (Å²) in [6.07, 6.45) is 0. The van der Waals surface area contributed by atoms with Crippen LogP contribution in [0.15, 0.2) is 52.9 Å². The number of esters is 1. The molecule has 0 unspecified atom stereocenters. The van der Waals surface area contributed by atoms with Crippen molar-refractivity contribution >= 4 is 34.4 Å². The zero-order chi connectivity index (χ0) is 19.2. The molecule has 0 bridgehead atoms. The summed E-state index contributed by atoms with van der Waals surface area (Å²) < 4.78 is 16.0. The molecule has 0 saturated heterocycles. The second-order valence-corrected chi connectivity index (χ2v) is 6.22. The molecule has 1 heterocycles. The maximum atomic E-state index is 12.2. The van der Waals surface area contributed by atoms with Crippen LogP contribution < -0.4 is 10.1 Å². The van der Waals surface area contributed by atoms with Gasteiger partial charge in [-0.2, -0.15) is 0 Å². The van der Waals surface area contributed by atoms with Crippen molar-refractivity contribution in [2.45, 2.75) is 6.92 Å². The highest BCUT2D eigenvalue weighted by Gasteiger charge is 2.20. The molecule has 2 aromatic carbocycles. The third-order valence-corrected chi connectivity index (χ3v) is 4.09. The Bertz CT molecular complexity index is 952. The Labute approximate surface area is 161 Å². The molecule has 1 aromatic heterocycles. The number of rotatable bonds is 7. The van der Waals surface area contributed by atoms with Crippen LogP contribution in [0.25, 0.3) is 11.0 Å². The first-order valence-electron chi connectivity index (χ1n) is 8.35. The van der Waals surface area contributed by atoms with Crippen molar-refractivity contribution in [1.82, 2.24) is 5.32 Å². The van der Waals surface area contributed by atoms with Gasteiger partial charge in [0.05, 0.1) is 6.54 Å². The minimum atomic E-state index is -0.699. The third-order valence-electron chi connectivity index (χ3n) is 3.85. The van der Waals surface area contributed by atoms with Gasteiger partial charge in [-0.25, -0.2) is 4.79 Å². The van der Waals surface area contributed by atoms with E-state index in [2.05, 4.69) is 5.32 Å². The summed E-state index contributed by atoms with van der Waals surface area (Å²) in [4.78, 5) is 24.0. The van der Waals surface area contributed by atoms with Crippen molar-refractivity contribution in [3.8, 4) is 5.75 Å². The largest absolute Gasteiger partial charge is 0.492 e. The van der Waals surface area contributed by atoms with Gasteiger partial charge in [-0.05, 0) is 37.3 Å². The highest BCUT2D eigenvalue weighted by atomic mass is 35.5. The van der Waals surface area contributed by atoms with E-state index in [-0.39, 0.29) is 5.76 Å². The molecule has 0 aliphatic rings. The Balaban J connectivity index is 1.46. The van der Waals surface area contributed by atoms with E-state index in [1.807, 2.05) is 30.3 Å². The van der Waals surface area contributed by atoms with Gasteiger partial charge < -0.3 is 19.2 Å². The van der Waals surface area contributed by atoms with Crippen LogP contribution >= 0.6 is 11.6 Å². The summed E-state index contributed by atoms with van der Waals surface area (Å²) in [6, 6.07) is 14.3. The van der Waals surface area contributed by atoms with E-state index in [4.69, 9.17) is 25.5 Å². The monoisotopic (exact) mass is 387 g/mol. The lowest BCUT2D eigenvalue weighted by molar-refractivity contribution is -0.124. The van der Waals surface area contributed by atoms with Crippen molar-refractivity contribution in [2.75, 3.05) is 19.8 Å². The Morgan fingerprint density at radius 2 is 1.93 bits per heavy atom. The van der Waals surface area contributed by atoms with Gasteiger partial charge in [-0.3, -0.25) is 4.79 Å². The summed E-state index contributed by atoms with van der Waals surface area (Å²) in [7, 11) is 0. The van der Waals surface area contributed by atoms with Crippen LogP contribution in [0, 0.1) is 6.92 Å². The fourth-order valence-electron chi connectivity index (χ4n) is 2.51. The summed E-state index contributed by atoms with van der Waals surface area (Å²) >= 11 is 5.96. The molecule has 1 amide bonds. The molecule has 0 aliphatic carbocycles. The van der Waals surface area contributed by atoms with Crippen molar-refractivity contribution in [3.05, 3.63) is 64.9 Å². The number of para-hydroxylation sites is 1. The fourth-order valence-corrected chi connectivity index (χ4v) is 2.68. The maximum Gasteiger partial charge on any atom is 0.375 e. The van der Waals surface area contributed by atoms with E-state index in [1.54, 1.807) is 25.1 Å². The van der Waals surface area contributed by atoms with Crippen LogP contribution in [0.2, 0.25) is 5.02 Å². The minimum absolute atomic E-state index is 0.0625.